The number of hydrogen-bond donors (Lipinski definition) is 2. The first kappa shape index (κ1) is 16.2. The van der Waals surface area contributed by atoms with E-state index < -0.39 is 17.8 Å². The second kappa shape index (κ2) is 6.56. The van der Waals surface area contributed by atoms with Crippen LogP contribution < -0.4 is 10.6 Å². The van der Waals surface area contributed by atoms with Gasteiger partial charge in [0.05, 0.1) is 5.56 Å². The van der Waals surface area contributed by atoms with Crippen LogP contribution in [-0.2, 0) is 6.18 Å². The Bertz CT molecular complexity index is 478. The van der Waals surface area contributed by atoms with Crippen molar-refractivity contribution in [2.24, 2.45) is 5.73 Å². The molecular weight excluding hydrogens is 275 g/mol. The number of rotatable bonds is 6. The number of halogens is 3. The van der Waals surface area contributed by atoms with Crippen LogP contribution in [0.2, 0.25) is 0 Å². The fourth-order valence-corrected chi connectivity index (χ4v) is 1.72. The third-order valence-corrected chi connectivity index (χ3v) is 2.70. The Morgan fingerprint density at radius 2 is 2.10 bits per heavy atom. The molecule has 1 rings (SSSR count). The van der Waals surface area contributed by atoms with Gasteiger partial charge >= 0.3 is 6.18 Å². The van der Waals surface area contributed by atoms with Crippen molar-refractivity contribution in [3.05, 3.63) is 23.4 Å². The highest BCUT2D eigenvalue weighted by Gasteiger charge is 2.34. The van der Waals surface area contributed by atoms with Gasteiger partial charge in [0.25, 0.3) is 5.91 Å². The molecule has 0 saturated carbocycles. The normalized spacial score (nSPS) is 11.4. The van der Waals surface area contributed by atoms with Crippen LogP contribution in [0.4, 0.5) is 19.0 Å². The quantitative estimate of drug-likeness (QED) is 0.830. The highest BCUT2D eigenvalue weighted by atomic mass is 19.4. The van der Waals surface area contributed by atoms with Gasteiger partial charge in [0.15, 0.2) is 0 Å². The number of carbonyl (C=O) groups is 1. The number of aromatic nitrogens is 1. The summed E-state index contributed by atoms with van der Waals surface area (Å²) in [5, 5.41) is 8.80. The Balaban J connectivity index is 3.26. The molecule has 0 atom stereocenters. The van der Waals surface area contributed by atoms with Crippen LogP contribution in [0.1, 0.15) is 29.4 Å². The number of carbonyl (C=O) groups excluding carboxylic acids is 1. The molecular formula is C12H16F3N3O2. The van der Waals surface area contributed by atoms with Crippen molar-refractivity contribution in [3.8, 4) is 0 Å². The molecule has 112 valence electrons. The summed E-state index contributed by atoms with van der Waals surface area (Å²) in [6, 6.07) is 1.75. The number of nitrogens with two attached hydrogens (primary N) is 1. The minimum atomic E-state index is -4.60. The molecule has 5 nitrogen and oxygen atoms in total. The van der Waals surface area contributed by atoms with E-state index in [1.54, 1.807) is 6.92 Å². The lowest BCUT2D eigenvalue weighted by atomic mass is 10.2. The second-order valence-corrected chi connectivity index (χ2v) is 4.09. The van der Waals surface area contributed by atoms with Crippen molar-refractivity contribution in [3.63, 3.8) is 0 Å². The zero-order valence-corrected chi connectivity index (χ0v) is 10.9. The summed E-state index contributed by atoms with van der Waals surface area (Å²) in [7, 11) is 0. The van der Waals surface area contributed by atoms with Crippen molar-refractivity contribution < 1.29 is 23.1 Å². The standard InChI is InChI=1S/C12H16F3N3O2/c1-2-18(6-3-7-19)11-8(10(16)20)4-5-9(17-11)12(13,14)15/h4-5,19H,2-3,6-7H2,1H3,(H2,16,20). The lowest BCUT2D eigenvalue weighted by Gasteiger charge is -2.24. The molecule has 1 amide bonds. The fourth-order valence-electron chi connectivity index (χ4n) is 1.72. The number of alkyl halides is 3. The lowest BCUT2D eigenvalue weighted by molar-refractivity contribution is -0.141. The van der Waals surface area contributed by atoms with Crippen molar-refractivity contribution in [2.45, 2.75) is 19.5 Å². The number of primary amides is 1. The van der Waals surface area contributed by atoms with Crippen LogP contribution >= 0.6 is 0 Å². The number of hydrogen-bond acceptors (Lipinski definition) is 4. The van der Waals surface area contributed by atoms with Crippen molar-refractivity contribution in [1.82, 2.24) is 4.98 Å². The zero-order valence-electron chi connectivity index (χ0n) is 10.9. The zero-order chi connectivity index (χ0) is 15.3. The number of pyridine rings is 1. The Morgan fingerprint density at radius 3 is 2.55 bits per heavy atom. The van der Waals surface area contributed by atoms with Crippen molar-refractivity contribution in [1.29, 1.82) is 0 Å². The monoisotopic (exact) mass is 291 g/mol. The molecule has 0 aliphatic heterocycles. The van der Waals surface area contributed by atoms with E-state index >= 15 is 0 Å². The predicted molar refractivity (Wildman–Crippen MR) is 67.3 cm³/mol. The molecule has 0 saturated heterocycles. The van der Waals surface area contributed by atoms with E-state index in [0.29, 0.717) is 13.0 Å². The summed E-state index contributed by atoms with van der Waals surface area (Å²) in [5.41, 5.74) is 4.00. The topological polar surface area (TPSA) is 79.4 Å². The van der Waals surface area contributed by atoms with E-state index in [1.807, 2.05) is 0 Å². The van der Waals surface area contributed by atoms with Gasteiger partial charge in [-0.15, -0.1) is 0 Å². The summed E-state index contributed by atoms with van der Waals surface area (Å²) >= 11 is 0. The maximum absolute atomic E-state index is 12.7. The largest absolute Gasteiger partial charge is 0.433 e. The molecule has 0 spiro atoms. The Hall–Kier alpha value is -1.83. The van der Waals surface area contributed by atoms with Crippen molar-refractivity contribution >= 4 is 11.7 Å². The average Bonchev–Trinajstić information content (AvgIpc) is 2.38. The predicted octanol–water partition coefficient (Wildman–Crippen LogP) is 1.41. The van der Waals surface area contributed by atoms with Gasteiger partial charge in [0.2, 0.25) is 0 Å². The lowest BCUT2D eigenvalue weighted by Crippen LogP contribution is -2.29. The van der Waals surface area contributed by atoms with E-state index in [4.69, 9.17) is 10.8 Å². The SMILES string of the molecule is CCN(CCCO)c1nc(C(F)(F)F)ccc1C(N)=O. The average molecular weight is 291 g/mol. The van der Waals surface area contributed by atoms with E-state index in [2.05, 4.69) is 4.98 Å². The van der Waals surface area contributed by atoms with Crippen LogP contribution in [0.25, 0.3) is 0 Å². The molecule has 3 N–H and O–H groups in total. The third kappa shape index (κ3) is 3.83. The first-order chi connectivity index (χ1) is 9.31. The number of aliphatic hydroxyl groups excluding tert-OH is 1. The van der Waals surface area contributed by atoms with Gasteiger partial charge in [-0.2, -0.15) is 13.2 Å². The van der Waals surface area contributed by atoms with Gasteiger partial charge < -0.3 is 15.7 Å². The van der Waals surface area contributed by atoms with E-state index in [-0.39, 0.29) is 24.5 Å². The van der Waals surface area contributed by atoms with Gasteiger partial charge in [0, 0.05) is 19.7 Å². The molecule has 0 radical (unpaired) electrons. The van der Waals surface area contributed by atoms with Gasteiger partial charge in [-0.1, -0.05) is 0 Å². The first-order valence-electron chi connectivity index (χ1n) is 6.05. The molecule has 0 fully saturated rings. The number of anilines is 1. The number of nitrogens with zero attached hydrogens (tertiary/aromatic N) is 2. The van der Waals surface area contributed by atoms with E-state index in [1.165, 1.54) is 4.90 Å². The fraction of sp³-hybridized carbons (Fsp3) is 0.500. The van der Waals surface area contributed by atoms with E-state index in [0.717, 1.165) is 12.1 Å². The summed E-state index contributed by atoms with van der Waals surface area (Å²) in [6.45, 7) is 2.22. The number of aliphatic hydroxyl groups is 1. The molecule has 0 aliphatic rings. The Morgan fingerprint density at radius 1 is 1.45 bits per heavy atom. The van der Waals surface area contributed by atoms with Gasteiger partial charge in [-0.05, 0) is 25.5 Å². The second-order valence-electron chi connectivity index (χ2n) is 4.09. The molecule has 0 aromatic carbocycles. The van der Waals surface area contributed by atoms with E-state index in [9.17, 15) is 18.0 Å². The smallest absolute Gasteiger partial charge is 0.396 e. The molecule has 1 aromatic rings. The van der Waals surface area contributed by atoms with Crippen LogP contribution in [0.15, 0.2) is 12.1 Å². The van der Waals surface area contributed by atoms with Crippen LogP contribution in [-0.4, -0.2) is 35.7 Å². The highest BCUT2D eigenvalue weighted by molar-refractivity contribution is 5.97. The highest BCUT2D eigenvalue weighted by Crippen LogP contribution is 2.30. The molecule has 0 unspecified atom stereocenters. The maximum Gasteiger partial charge on any atom is 0.433 e. The first-order valence-corrected chi connectivity index (χ1v) is 6.05. The molecule has 20 heavy (non-hydrogen) atoms. The summed E-state index contributed by atoms with van der Waals surface area (Å²) in [6.07, 6.45) is -4.24. The summed E-state index contributed by atoms with van der Waals surface area (Å²) in [4.78, 5) is 16.3. The van der Waals surface area contributed by atoms with Crippen LogP contribution in [0.5, 0.6) is 0 Å². The Kier molecular flexibility index (Phi) is 5.32. The van der Waals surface area contributed by atoms with Crippen LogP contribution in [0, 0.1) is 0 Å². The summed E-state index contributed by atoms with van der Waals surface area (Å²) in [5.74, 6) is -0.952. The van der Waals surface area contributed by atoms with Crippen molar-refractivity contribution in [2.75, 3.05) is 24.6 Å². The Labute approximate surface area is 114 Å². The molecule has 8 heteroatoms. The van der Waals surface area contributed by atoms with Gasteiger partial charge in [-0.25, -0.2) is 4.98 Å². The molecule has 1 aromatic heterocycles. The minimum absolute atomic E-state index is 0.0715. The van der Waals surface area contributed by atoms with Gasteiger partial charge in [0.1, 0.15) is 11.5 Å². The third-order valence-electron chi connectivity index (χ3n) is 2.70. The summed E-state index contributed by atoms with van der Waals surface area (Å²) < 4.78 is 38.0. The van der Waals surface area contributed by atoms with Crippen LogP contribution in [0.3, 0.4) is 0 Å². The molecule has 1 heterocycles. The maximum atomic E-state index is 12.7. The number of amides is 1. The molecule has 0 aliphatic carbocycles. The van der Waals surface area contributed by atoms with Gasteiger partial charge in [-0.3, -0.25) is 4.79 Å². The molecule has 0 bridgehead atoms. The minimum Gasteiger partial charge on any atom is -0.396 e.